The molecule has 0 bridgehead atoms. The molecule has 2 N–H and O–H groups in total. The van der Waals surface area contributed by atoms with E-state index in [-0.39, 0.29) is 0 Å². The monoisotopic (exact) mass is 267 g/mol. The summed E-state index contributed by atoms with van der Waals surface area (Å²) in [5.41, 5.74) is -0.546. The topological polar surface area (TPSA) is 38.7 Å². The average Bonchev–Trinajstić information content (AvgIpc) is 2.49. The van der Waals surface area contributed by atoms with Crippen molar-refractivity contribution < 1.29 is 5.11 Å². The zero-order valence-electron chi connectivity index (χ0n) is 12.1. The average molecular weight is 267 g/mol. The maximum atomic E-state index is 11.4. The number of hydrogen-bond donors (Lipinski definition) is 2. The number of rotatable bonds is 2. The Bertz CT molecular complexity index is 287. The van der Waals surface area contributed by atoms with E-state index in [4.69, 9.17) is 0 Å². The van der Waals surface area contributed by atoms with Crippen LogP contribution in [0.1, 0.15) is 44.9 Å². The third-order valence-corrected chi connectivity index (χ3v) is 5.30. The summed E-state index contributed by atoms with van der Waals surface area (Å²) in [5, 5.41) is 14.8. The number of piperidine rings is 1. The molecule has 0 aromatic rings. The summed E-state index contributed by atoms with van der Waals surface area (Å²) in [6, 6.07) is 0.362. The Balaban J connectivity index is 1.74. The van der Waals surface area contributed by atoms with Crippen LogP contribution in [0.5, 0.6) is 0 Å². The van der Waals surface area contributed by atoms with Gasteiger partial charge in [0.2, 0.25) is 0 Å². The van der Waals surface area contributed by atoms with Gasteiger partial charge in [-0.15, -0.1) is 0 Å². The highest BCUT2D eigenvalue weighted by molar-refractivity contribution is 4.97. The molecule has 2 saturated heterocycles. The van der Waals surface area contributed by atoms with Gasteiger partial charge in [-0.1, -0.05) is 12.8 Å². The Kier molecular flexibility index (Phi) is 4.42. The molecule has 0 aromatic carbocycles. The fourth-order valence-corrected chi connectivity index (χ4v) is 4.24. The maximum absolute atomic E-state index is 11.4. The second kappa shape index (κ2) is 6.08. The maximum Gasteiger partial charge on any atom is 0.134 e. The highest BCUT2D eigenvalue weighted by Crippen LogP contribution is 2.36. The van der Waals surface area contributed by atoms with Crippen LogP contribution in [0.3, 0.4) is 0 Å². The van der Waals surface area contributed by atoms with E-state index in [2.05, 4.69) is 15.1 Å². The summed E-state index contributed by atoms with van der Waals surface area (Å²) >= 11 is 0. The Morgan fingerprint density at radius 2 is 1.63 bits per heavy atom. The van der Waals surface area contributed by atoms with Gasteiger partial charge < -0.3 is 10.4 Å². The van der Waals surface area contributed by atoms with E-state index >= 15 is 0 Å². The Hall–Kier alpha value is -0.160. The summed E-state index contributed by atoms with van der Waals surface area (Å²) < 4.78 is 0. The second-order valence-electron chi connectivity index (χ2n) is 6.47. The van der Waals surface area contributed by atoms with Gasteiger partial charge in [0.25, 0.3) is 0 Å². The third-order valence-electron chi connectivity index (χ3n) is 5.30. The van der Waals surface area contributed by atoms with Crippen LogP contribution < -0.4 is 5.32 Å². The predicted octanol–water partition coefficient (Wildman–Crippen LogP) is 1.01. The first-order chi connectivity index (χ1) is 9.31. The molecule has 1 aliphatic carbocycles. The van der Waals surface area contributed by atoms with E-state index in [1.165, 1.54) is 38.5 Å². The molecular weight excluding hydrogens is 238 g/mol. The molecule has 2 atom stereocenters. The minimum atomic E-state index is -0.546. The lowest BCUT2D eigenvalue weighted by molar-refractivity contribution is -0.184. The number of piperazine rings is 1. The molecule has 0 radical (unpaired) electrons. The Morgan fingerprint density at radius 3 is 2.37 bits per heavy atom. The van der Waals surface area contributed by atoms with Crippen LogP contribution in [-0.4, -0.2) is 65.9 Å². The lowest BCUT2D eigenvalue weighted by Gasteiger charge is -2.53. The van der Waals surface area contributed by atoms with E-state index < -0.39 is 5.72 Å². The molecule has 4 heteroatoms. The van der Waals surface area contributed by atoms with Gasteiger partial charge in [0.1, 0.15) is 5.72 Å². The molecule has 1 saturated carbocycles. The van der Waals surface area contributed by atoms with Crippen molar-refractivity contribution in [1.82, 2.24) is 15.1 Å². The first kappa shape index (κ1) is 13.8. The van der Waals surface area contributed by atoms with Gasteiger partial charge >= 0.3 is 0 Å². The predicted molar refractivity (Wildman–Crippen MR) is 77.1 cm³/mol. The molecule has 2 heterocycles. The standard InChI is InChI=1S/C15H29N3O/c19-15(18-10-4-1-5-11-18)7-3-2-6-14(15)17-12-8-16-9-13-17/h14,16,19H,1-13H2. The largest absolute Gasteiger partial charge is 0.374 e. The van der Waals surface area contributed by atoms with Crippen LogP contribution in [0.15, 0.2) is 0 Å². The van der Waals surface area contributed by atoms with Gasteiger partial charge in [-0.2, -0.15) is 0 Å². The van der Waals surface area contributed by atoms with Crippen LogP contribution in [0, 0.1) is 0 Å². The summed E-state index contributed by atoms with van der Waals surface area (Å²) in [5.74, 6) is 0. The van der Waals surface area contributed by atoms with E-state index in [1.54, 1.807) is 0 Å². The Labute approximate surface area is 117 Å². The van der Waals surface area contributed by atoms with Crippen molar-refractivity contribution in [2.24, 2.45) is 0 Å². The normalized spacial score (nSPS) is 39.3. The molecule has 2 aliphatic heterocycles. The van der Waals surface area contributed by atoms with Crippen molar-refractivity contribution >= 4 is 0 Å². The SMILES string of the molecule is OC1(N2CCCCC2)CCCCC1N1CCNCC1. The van der Waals surface area contributed by atoms with Crippen molar-refractivity contribution in [1.29, 1.82) is 0 Å². The van der Waals surface area contributed by atoms with E-state index in [9.17, 15) is 5.11 Å². The summed E-state index contributed by atoms with van der Waals surface area (Å²) in [4.78, 5) is 4.95. The number of likely N-dealkylation sites (tertiary alicyclic amines) is 1. The molecule has 110 valence electrons. The molecule has 4 nitrogen and oxygen atoms in total. The van der Waals surface area contributed by atoms with Crippen LogP contribution in [0.4, 0.5) is 0 Å². The molecule has 2 unspecified atom stereocenters. The quantitative estimate of drug-likeness (QED) is 0.783. The van der Waals surface area contributed by atoms with Crippen molar-refractivity contribution in [2.75, 3.05) is 39.3 Å². The lowest BCUT2D eigenvalue weighted by atomic mass is 9.83. The second-order valence-corrected chi connectivity index (χ2v) is 6.47. The van der Waals surface area contributed by atoms with Gasteiger partial charge in [0, 0.05) is 39.3 Å². The number of hydrogen-bond acceptors (Lipinski definition) is 4. The fraction of sp³-hybridized carbons (Fsp3) is 1.00. The van der Waals surface area contributed by atoms with E-state index in [0.29, 0.717) is 6.04 Å². The fourth-order valence-electron chi connectivity index (χ4n) is 4.24. The van der Waals surface area contributed by atoms with Crippen LogP contribution in [0.25, 0.3) is 0 Å². The Morgan fingerprint density at radius 1 is 0.895 bits per heavy atom. The number of aliphatic hydroxyl groups is 1. The summed E-state index contributed by atoms with van der Waals surface area (Å²) in [6.45, 7) is 6.54. The lowest BCUT2D eigenvalue weighted by Crippen LogP contribution is -2.66. The van der Waals surface area contributed by atoms with Gasteiger partial charge in [0.05, 0.1) is 6.04 Å². The van der Waals surface area contributed by atoms with Crippen LogP contribution in [0.2, 0.25) is 0 Å². The molecule has 0 aromatic heterocycles. The minimum Gasteiger partial charge on any atom is -0.374 e. The summed E-state index contributed by atoms with van der Waals surface area (Å²) in [7, 11) is 0. The first-order valence-corrected chi connectivity index (χ1v) is 8.23. The molecule has 19 heavy (non-hydrogen) atoms. The van der Waals surface area contributed by atoms with Crippen LogP contribution in [-0.2, 0) is 0 Å². The highest BCUT2D eigenvalue weighted by Gasteiger charge is 2.46. The molecule has 0 amide bonds. The minimum absolute atomic E-state index is 0.362. The zero-order chi connectivity index (χ0) is 13.1. The van der Waals surface area contributed by atoms with Gasteiger partial charge in [-0.05, 0) is 32.1 Å². The van der Waals surface area contributed by atoms with Crippen molar-refractivity contribution in [2.45, 2.75) is 56.7 Å². The van der Waals surface area contributed by atoms with E-state index in [1.807, 2.05) is 0 Å². The van der Waals surface area contributed by atoms with Crippen molar-refractivity contribution in [3.05, 3.63) is 0 Å². The van der Waals surface area contributed by atoms with Crippen LogP contribution >= 0.6 is 0 Å². The molecular formula is C15H29N3O. The zero-order valence-corrected chi connectivity index (χ0v) is 12.1. The molecule has 0 spiro atoms. The third kappa shape index (κ3) is 2.82. The smallest absolute Gasteiger partial charge is 0.134 e. The summed E-state index contributed by atoms with van der Waals surface area (Å²) in [6.07, 6.45) is 8.48. The van der Waals surface area contributed by atoms with Crippen molar-refractivity contribution in [3.63, 3.8) is 0 Å². The first-order valence-electron chi connectivity index (χ1n) is 8.23. The molecule has 3 aliphatic rings. The van der Waals surface area contributed by atoms with E-state index in [0.717, 1.165) is 45.7 Å². The van der Waals surface area contributed by atoms with Gasteiger partial charge in [-0.3, -0.25) is 9.80 Å². The van der Waals surface area contributed by atoms with Crippen molar-refractivity contribution in [3.8, 4) is 0 Å². The highest BCUT2D eigenvalue weighted by atomic mass is 16.3. The number of nitrogens with one attached hydrogen (secondary N) is 1. The number of nitrogens with zero attached hydrogens (tertiary/aromatic N) is 2. The van der Waals surface area contributed by atoms with Gasteiger partial charge in [0.15, 0.2) is 0 Å². The molecule has 3 fully saturated rings. The van der Waals surface area contributed by atoms with Gasteiger partial charge in [-0.25, -0.2) is 0 Å². The molecule has 3 rings (SSSR count).